The molecule has 0 aliphatic carbocycles. The molecule has 0 aliphatic rings. The highest BCUT2D eigenvalue weighted by Crippen LogP contribution is 2.25. The molecule has 2 N–H and O–H groups in total. The second-order valence-corrected chi connectivity index (χ2v) is 5.31. The van der Waals surface area contributed by atoms with Crippen molar-refractivity contribution in [2.24, 2.45) is 0 Å². The molecule has 0 unspecified atom stereocenters. The molecule has 0 radical (unpaired) electrons. The predicted octanol–water partition coefficient (Wildman–Crippen LogP) is 3.65. The molecule has 122 valence electrons. The molecule has 0 saturated heterocycles. The summed E-state index contributed by atoms with van der Waals surface area (Å²) in [5.41, 5.74) is 2.29. The van der Waals surface area contributed by atoms with Gasteiger partial charge in [-0.3, -0.25) is 4.79 Å². The van der Waals surface area contributed by atoms with E-state index in [0.717, 1.165) is 0 Å². The molecule has 0 atom stereocenters. The van der Waals surface area contributed by atoms with E-state index in [2.05, 4.69) is 15.0 Å². The summed E-state index contributed by atoms with van der Waals surface area (Å²) in [6, 6.07) is 10.9. The first-order valence-electron chi connectivity index (χ1n) is 7.27. The molecule has 5 nitrogen and oxygen atoms in total. The van der Waals surface area contributed by atoms with Crippen LogP contribution < -0.4 is 5.32 Å². The molecule has 1 amide bonds. The molecule has 3 rings (SSSR count). The van der Waals surface area contributed by atoms with Crippen LogP contribution in [0, 0.1) is 12.7 Å². The molecular weight excluding hydrogens is 311 g/mol. The smallest absolute Gasteiger partial charge is 0.337 e. The van der Waals surface area contributed by atoms with Crippen LogP contribution in [0.15, 0.2) is 42.5 Å². The minimum atomic E-state index is -0.456. The van der Waals surface area contributed by atoms with Crippen LogP contribution in [0.1, 0.15) is 26.4 Å². The summed E-state index contributed by atoms with van der Waals surface area (Å²) in [6.07, 6.45) is 0. The van der Waals surface area contributed by atoms with Crippen LogP contribution >= 0.6 is 0 Å². The molecule has 0 spiro atoms. The topological polar surface area (TPSA) is 71.2 Å². The quantitative estimate of drug-likeness (QED) is 0.722. The minimum absolute atomic E-state index is 0.263. The molecule has 6 heteroatoms. The molecule has 1 heterocycles. The number of hydrogen-bond donors (Lipinski definition) is 2. The molecule has 0 fully saturated rings. The van der Waals surface area contributed by atoms with Gasteiger partial charge in [0.25, 0.3) is 5.91 Å². The number of nitrogens with one attached hydrogen (secondary N) is 2. The van der Waals surface area contributed by atoms with E-state index in [1.807, 2.05) is 0 Å². The first-order valence-corrected chi connectivity index (χ1v) is 7.27. The van der Waals surface area contributed by atoms with Gasteiger partial charge in [0.05, 0.1) is 18.2 Å². The highest BCUT2D eigenvalue weighted by Gasteiger charge is 2.19. The van der Waals surface area contributed by atoms with E-state index in [1.54, 1.807) is 43.3 Å². The number of carbonyl (C=O) groups is 2. The van der Waals surface area contributed by atoms with Gasteiger partial charge in [0.15, 0.2) is 0 Å². The van der Waals surface area contributed by atoms with Crippen molar-refractivity contribution in [3.05, 3.63) is 65.1 Å². The number of ether oxygens (including phenoxy) is 1. The third-order valence-electron chi connectivity index (χ3n) is 3.75. The Bertz CT molecular complexity index is 929. The Labute approximate surface area is 137 Å². The fourth-order valence-corrected chi connectivity index (χ4v) is 2.62. The largest absolute Gasteiger partial charge is 0.465 e. The number of aromatic nitrogens is 1. The number of benzene rings is 2. The van der Waals surface area contributed by atoms with Crippen LogP contribution in [0.2, 0.25) is 0 Å². The monoisotopic (exact) mass is 326 g/mol. The number of aryl methyl sites for hydroxylation is 1. The Balaban J connectivity index is 1.91. The Morgan fingerprint density at radius 1 is 1.12 bits per heavy atom. The number of methoxy groups -OCH3 is 1. The number of esters is 1. The van der Waals surface area contributed by atoms with Gasteiger partial charge < -0.3 is 15.0 Å². The highest BCUT2D eigenvalue weighted by atomic mass is 19.1. The summed E-state index contributed by atoms with van der Waals surface area (Å²) in [7, 11) is 1.30. The van der Waals surface area contributed by atoms with Crippen LogP contribution in [0.3, 0.4) is 0 Å². The lowest BCUT2D eigenvalue weighted by Crippen LogP contribution is -2.13. The molecule has 0 aliphatic heterocycles. The van der Waals surface area contributed by atoms with Crippen molar-refractivity contribution < 1.29 is 18.7 Å². The van der Waals surface area contributed by atoms with Crippen LogP contribution in [0.25, 0.3) is 10.9 Å². The number of rotatable bonds is 3. The summed E-state index contributed by atoms with van der Waals surface area (Å²) in [6.45, 7) is 1.72. The van der Waals surface area contributed by atoms with Crippen molar-refractivity contribution in [1.29, 1.82) is 0 Å². The molecule has 0 saturated carbocycles. The lowest BCUT2D eigenvalue weighted by atomic mass is 10.1. The van der Waals surface area contributed by atoms with Crippen molar-refractivity contribution in [2.75, 3.05) is 12.4 Å². The van der Waals surface area contributed by atoms with Gasteiger partial charge in [0, 0.05) is 22.3 Å². The van der Waals surface area contributed by atoms with E-state index < -0.39 is 17.7 Å². The maximum absolute atomic E-state index is 14.1. The fourth-order valence-electron chi connectivity index (χ4n) is 2.62. The normalized spacial score (nSPS) is 10.6. The van der Waals surface area contributed by atoms with Gasteiger partial charge >= 0.3 is 5.97 Å². The zero-order chi connectivity index (χ0) is 17.3. The lowest BCUT2D eigenvalue weighted by Gasteiger charge is -2.07. The summed E-state index contributed by atoms with van der Waals surface area (Å²) < 4.78 is 18.7. The third-order valence-corrected chi connectivity index (χ3v) is 3.75. The predicted molar refractivity (Wildman–Crippen MR) is 88.7 cm³/mol. The Morgan fingerprint density at radius 2 is 1.83 bits per heavy atom. The maximum atomic E-state index is 14.1. The average Bonchev–Trinajstić information content (AvgIpc) is 2.92. The number of aromatic amines is 1. The van der Waals surface area contributed by atoms with Crippen molar-refractivity contribution in [2.45, 2.75) is 6.92 Å². The number of hydrogen-bond acceptors (Lipinski definition) is 3. The van der Waals surface area contributed by atoms with Crippen molar-refractivity contribution in [3.63, 3.8) is 0 Å². The molecule has 24 heavy (non-hydrogen) atoms. The molecule has 2 aromatic carbocycles. The van der Waals surface area contributed by atoms with Crippen molar-refractivity contribution in [1.82, 2.24) is 4.98 Å². The van der Waals surface area contributed by atoms with Gasteiger partial charge in [0.1, 0.15) is 5.82 Å². The SMILES string of the molecule is COC(=O)c1ccc(NC(=O)c2c(C)[nH]c3cccc(F)c23)cc1. The van der Waals surface area contributed by atoms with E-state index in [0.29, 0.717) is 22.5 Å². The standard InChI is InChI=1S/C18H15FN2O3/c1-10-15(16-13(19)4-3-5-14(16)20-10)17(22)21-12-8-6-11(7-9-12)18(23)24-2/h3-9,20H,1-2H3,(H,21,22). The highest BCUT2D eigenvalue weighted by molar-refractivity contribution is 6.14. The number of anilines is 1. The van der Waals surface area contributed by atoms with Crippen molar-refractivity contribution >= 4 is 28.5 Å². The van der Waals surface area contributed by atoms with Crippen LogP contribution in [-0.2, 0) is 4.74 Å². The number of fused-ring (bicyclic) bond motifs is 1. The number of halogens is 1. The number of amides is 1. The third kappa shape index (κ3) is 2.74. The van der Waals surface area contributed by atoms with Crippen LogP contribution in [-0.4, -0.2) is 24.0 Å². The second-order valence-electron chi connectivity index (χ2n) is 5.31. The Kier molecular flexibility index (Phi) is 4.04. The molecular formula is C18H15FN2O3. The van der Waals surface area contributed by atoms with Gasteiger partial charge in [0.2, 0.25) is 0 Å². The number of carbonyl (C=O) groups excluding carboxylic acids is 2. The van der Waals surface area contributed by atoms with Gasteiger partial charge in [-0.05, 0) is 43.3 Å². The lowest BCUT2D eigenvalue weighted by molar-refractivity contribution is 0.0600. The van der Waals surface area contributed by atoms with Crippen LogP contribution in [0.4, 0.5) is 10.1 Å². The fraction of sp³-hybridized carbons (Fsp3) is 0.111. The van der Waals surface area contributed by atoms with Gasteiger partial charge in [-0.1, -0.05) is 6.07 Å². The van der Waals surface area contributed by atoms with Gasteiger partial charge in [-0.15, -0.1) is 0 Å². The zero-order valence-corrected chi connectivity index (χ0v) is 13.1. The molecule has 1 aromatic heterocycles. The van der Waals surface area contributed by atoms with E-state index in [9.17, 15) is 14.0 Å². The first kappa shape index (κ1) is 15.7. The summed E-state index contributed by atoms with van der Waals surface area (Å²) in [5.74, 6) is -1.33. The van der Waals surface area contributed by atoms with E-state index in [1.165, 1.54) is 13.2 Å². The summed E-state index contributed by atoms with van der Waals surface area (Å²) in [5, 5.41) is 2.97. The van der Waals surface area contributed by atoms with Gasteiger partial charge in [-0.25, -0.2) is 9.18 Å². The summed E-state index contributed by atoms with van der Waals surface area (Å²) >= 11 is 0. The molecule has 3 aromatic rings. The summed E-state index contributed by atoms with van der Waals surface area (Å²) in [4.78, 5) is 27.0. The van der Waals surface area contributed by atoms with E-state index in [-0.39, 0.29) is 10.9 Å². The van der Waals surface area contributed by atoms with E-state index in [4.69, 9.17) is 0 Å². The Hall–Kier alpha value is -3.15. The zero-order valence-electron chi connectivity index (χ0n) is 13.1. The first-order chi connectivity index (χ1) is 11.5. The minimum Gasteiger partial charge on any atom is -0.465 e. The molecule has 0 bridgehead atoms. The average molecular weight is 326 g/mol. The van der Waals surface area contributed by atoms with Gasteiger partial charge in [-0.2, -0.15) is 0 Å². The van der Waals surface area contributed by atoms with Crippen molar-refractivity contribution in [3.8, 4) is 0 Å². The maximum Gasteiger partial charge on any atom is 0.337 e. The van der Waals surface area contributed by atoms with Crippen LogP contribution in [0.5, 0.6) is 0 Å². The van der Waals surface area contributed by atoms with E-state index >= 15 is 0 Å². The Morgan fingerprint density at radius 3 is 2.50 bits per heavy atom. The second kappa shape index (κ2) is 6.16. The number of H-pyrrole nitrogens is 1.